The van der Waals surface area contributed by atoms with E-state index in [0.29, 0.717) is 19.5 Å². The smallest absolute Gasteiger partial charge is 0.304 e. The number of aliphatic carboxylic acids is 1. The topological polar surface area (TPSA) is 88.3 Å². The van der Waals surface area contributed by atoms with Gasteiger partial charge < -0.3 is 10.0 Å². The molecule has 37 heavy (non-hydrogen) atoms. The Morgan fingerprint density at radius 1 is 1.08 bits per heavy atom. The molecule has 1 aliphatic carbocycles. The van der Waals surface area contributed by atoms with Gasteiger partial charge in [-0.25, -0.2) is 4.68 Å². The summed E-state index contributed by atoms with van der Waals surface area (Å²) in [6.07, 6.45) is 5.29. The van der Waals surface area contributed by atoms with Gasteiger partial charge in [0.2, 0.25) is 0 Å². The fraction of sp³-hybridized carbons (Fsp3) is 0.379. The van der Waals surface area contributed by atoms with Crippen LogP contribution in [-0.2, 0) is 37.6 Å². The van der Waals surface area contributed by atoms with Gasteiger partial charge in [0.15, 0.2) is 0 Å². The molecule has 0 radical (unpaired) electrons. The van der Waals surface area contributed by atoms with Crippen molar-refractivity contribution in [2.45, 2.75) is 57.9 Å². The summed E-state index contributed by atoms with van der Waals surface area (Å²) in [7, 11) is 1.86. The number of benzene rings is 2. The Balaban J connectivity index is 1.33. The van der Waals surface area contributed by atoms with Crippen molar-refractivity contribution in [2.24, 2.45) is 7.05 Å². The van der Waals surface area contributed by atoms with Gasteiger partial charge in [-0.2, -0.15) is 0 Å². The first-order valence-electron chi connectivity index (χ1n) is 12.9. The molecule has 0 fully saturated rings. The Hall–Kier alpha value is -3.52. The molecule has 2 aromatic carbocycles. The molecule has 2 aromatic heterocycles. The minimum atomic E-state index is -0.837. The molecule has 8 heteroatoms. The Kier molecular flexibility index (Phi) is 6.07. The summed E-state index contributed by atoms with van der Waals surface area (Å²) in [6, 6.07) is 12.2. The number of carboxylic acid groups (broad SMARTS) is 1. The van der Waals surface area contributed by atoms with Crippen molar-refractivity contribution in [3.05, 3.63) is 79.5 Å². The highest BCUT2D eigenvalue weighted by Gasteiger charge is 2.30. The molecule has 1 amide bonds. The maximum Gasteiger partial charge on any atom is 0.304 e. The van der Waals surface area contributed by atoms with E-state index in [-0.39, 0.29) is 18.2 Å². The molecule has 2 aliphatic rings. The lowest BCUT2D eigenvalue weighted by molar-refractivity contribution is -0.137. The van der Waals surface area contributed by atoms with Crippen LogP contribution in [-0.4, -0.2) is 43.4 Å². The third kappa shape index (κ3) is 4.23. The number of thiophene rings is 1. The highest BCUT2D eigenvalue weighted by Crippen LogP contribution is 2.38. The summed E-state index contributed by atoms with van der Waals surface area (Å²) in [5.41, 5.74) is 8.31. The number of carbonyl (C=O) groups is 2. The van der Waals surface area contributed by atoms with Crippen molar-refractivity contribution in [1.82, 2.24) is 19.9 Å². The largest absolute Gasteiger partial charge is 0.481 e. The molecule has 190 valence electrons. The number of aromatic nitrogens is 3. The number of amides is 1. The van der Waals surface area contributed by atoms with Gasteiger partial charge in [0, 0.05) is 30.9 Å². The molecule has 0 saturated carbocycles. The van der Waals surface area contributed by atoms with Crippen LogP contribution in [0.15, 0.2) is 36.4 Å². The quantitative estimate of drug-likeness (QED) is 0.404. The van der Waals surface area contributed by atoms with Crippen molar-refractivity contribution >= 4 is 34.2 Å². The van der Waals surface area contributed by atoms with Gasteiger partial charge >= 0.3 is 5.97 Å². The van der Waals surface area contributed by atoms with E-state index in [2.05, 4.69) is 28.5 Å². The highest BCUT2D eigenvalue weighted by molar-refractivity contribution is 7.14. The lowest BCUT2D eigenvalue weighted by Crippen LogP contribution is -2.36. The fourth-order valence-corrected chi connectivity index (χ4v) is 7.30. The monoisotopic (exact) mass is 514 g/mol. The van der Waals surface area contributed by atoms with Crippen LogP contribution in [0.2, 0.25) is 0 Å². The van der Waals surface area contributed by atoms with Gasteiger partial charge in [0.05, 0.1) is 16.8 Å². The van der Waals surface area contributed by atoms with E-state index < -0.39 is 5.97 Å². The maximum absolute atomic E-state index is 13.4. The fourth-order valence-electron chi connectivity index (χ4n) is 6.08. The molecule has 0 saturated heterocycles. The Bertz CT molecular complexity index is 1510. The van der Waals surface area contributed by atoms with Gasteiger partial charge in [0.25, 0.3) is 5.91 Å². The summed E-state index contributed by atoms with van der Waals surface area (Å²) < 4.78 is 1.73. The molecular formula is C29H30N4O3S. The number of carboxylic acids is 1. The minimum Gasteiger partial charge on any atom is -0.481 e. The van der Waals surface area contributed by atoms with Gasteiger partial charge in [-0.05, 0) is 84.5 Å². The minimum absolute atomic E-state index is 0.00748. The van der Waals surface area contributed by atoms with E-state index >= 15 is 0 Å². The van der Waals surface area contributed by atoms with E-state index in [9.17, 15) is 14.7 Å². The van der Waals surface area contributed by atoms with Crippen LogP contribution >= 0.6 is 11.3 Å². The van der Waals surface area contributed by atoms with Crippen LogP contribution < -0.4 is 0 Å². The number of fused-ring (bicyclic) bond motifs is 3. The molecule has 3 heterocycles. The van der Waals surface area contributed by atoms with E-state index in [0.717, 1.165) is 51.0 Å². The summed E-state index contributed by atoms with van der Waals surface area (Å²) in [4.78, 5) is 29.6. The lowest BCUT2D eigenvalue weighted by atomic mass is 9.80. The first-order valence-corrected chi connectivity index (χ1v) is 13.7. The van der Waals surface area contributed by atoms with Crippen molar-refractivity contribution < 1.29 is 14.7 Å². The van der Waals surface area contributed by atoms with Crippen LogP contribution in [0, 0.1) is 6.92 Å². The summed E-state index contributed by atoms with van der Waals surface area (Å²) in [6.45, 7) is 3.18. The van der Waals surface area contributed by atoms with Crippen LogP contribution in [0.5, 0.6) is 0 Å². The average Bonchev–Trinajstić information content (AvgIpc) is 3.51. The van der Waals surface area contributed by atoms with Crippen molar-refractivity contribution in [1.29, 1.82) is 0 Å². The van der Waals surface area contributed by atoms with Crippen molar-refractivity contribution in [3.8, 4) is 0 Å². The molecule has 4 aromatic rings. The van der Waals surface area contributed by atoms with Crippen LogP contribution in [0.4, 0.5) is 0 Å². The second-order valence-corrected chi connectivity index (χ2v) is 11.4. The van der Waals surface area contributed by atoms with Crippen LogP contribution in [0.1, 0.15) is 73.1 Å². The molecule has 6 rings (SSSR count). The molecule has 7 nitrogen and oxygen atoms in total. The number of rotatable bonds is 5. The van der Waals surface area contributed by atoms with E-state index in [1.165, 1.54) is 28.8 Å². The zero-order valence-corrected chi connectivity index (χ0v) is 22.0. The van der Waals surface area contributed by atoms with Crippen molar-refractivity contribution in [3.63, 3.8) is 0 Å². The Labute approximate surface area is 219 Å². The van der Waals surface area contributed by atoms with Crippen molar-refractivity contribution in [2.75, 3.05) is 6.54 Å². The van der Waals surface area contributed by atoms with Gasteiger partial charge in [-0.15, -0.1) is 16.4 Å². The summed E-state index contributed by atoms with van der Waals surface area (Å²) in [5.74, 6) is -1.03. The molecule has 1 unspecified atom stereocenters. The zero-order valence-electron chi connectivity index (χ0n) is 21.2. The molecular weight excluding hydrogens is 484 g/mol. The highest BCUT2D eigenvalue weighted by atomic mass is 32.1. The van der Waals surface area contributed by atoms with Gasteiger partial charge in [-0.3, -0.25) is 9.59 Å². The normalized spacial score (nSPS) is 15.9. The van der Waals surface area contributed by atoms with Crippen LogP contribution in [0.25, 0.3) is 11.0 Å². The molecule has 1 atom stereocenters. The first-order chi connectivity index (χ1) is 17.9. The van der Waals surface area contributed by atoms with Gasteiger partial charge in [0.1, 0.15) is 5.52 Å². The second-order valence-electron chi connectivity index (χ2n) is 10.2. The SMILES string of the molecule is Cc1c(C(CC(=O)O)c2cccc3c2CCN(C(=O)c2cc4c(s2)CCCC4)C3)ccc2c1nnn2C. The average molecular weight is 515 g/mol. The second kappa shape index (κ2) is 9.41. The van der Waals surface area contributed by atoms with E-state index in [1.54, 1.807) is 16.0 Å². The third-order valence-electron chi connectivity index (χ3n) is 8.01. The number of hydrogen-bond acceptors (Lipinski definition) is 5. The lowest BCUT2D eigenvalue weighted by Gasteiger charge is -2.32. The van der Waals surface area contributed by atoms with E-state index in [4.69, 9.17) is 0 Å². The number of carbonyl (C=O) groups excluding carboxylic acids is 1. The molecule has 1 N–H and O–H groups in total. The summed E-state index contributed by atoms with van der Waals surface area (Å²) >= 11 is 1.67. The number of hydrogen-bond donors (Lipinski definition) is 1. The van der Waals surface area contributed by atoms with E-state index in [1.807, 2.05) is 37.1 Å². The predicted molar refractivity (Wildman–Crippen MR) is 143 cm³/mol. The molecule has 1 aliphatic heterocycles. The Morgan fingerprint density at radius 3 is 2.73 bits per heavy atom. The third-order valence-corrected chi connectivity index (χ3v) is 9.23. The molecule has 0 spiro atoms. The number of aryl methyl sites for hydroxylation is 4. The number of nitrogens with zero attached hydrogens (tertiary/aromatic N) is 4. The molecule has 0 bridgehead atoms. The maximum atomic E-state index is 13.4. The predicted octanol–water partition coefficient (Wildman–Crippen LogP) is 5.02. The zero-order chi connectivity index (χ0) is 25.7. The standard InChI is InChI=1S/C29H30N4O3S/c1-17-20(10-11-24-28(17)30-31-32(24)2)23(15-27(34)35)22-8-5-7-19-16-33(13-12-21(19)22)29(36)26-14-18-6-3-4-9-25(18)37-26/h5,7-8,10-11,14,23H,3-4,6,9,12-13,15-16H2,1-2H3,(H,34,35). The Morgan fingerprint density at radius 2 is 1.92 bits per heavy atom. The first kappa shape index (κ1) is 23.9. The summed E-state index contributed by atoms with van der Waals surface area (Å²) in [5, 5.41) is 18.3. The van der Waals surface area contributed by atoms with Gasteiger partial charge in [-0.1, -0.05) is 29.5 Å². The van der Waals surface area contributed by atoms with Crippen LogP contribution in [0.3, 0.4) is 0 Å².